The van der Waals surface area contributed by atoms with E-state index >= 15 is 0 Å². The van der Waals surface area contributed by atoms with Gasteiger partial charge in [0.25, 0.3) is 5.91 Å². The van der Waals surface area contributed by atoms with E-state index in [1.807, 2.05) is 0 Å². The predicted octanol–water partition coefficient (Wildman–Crippen LogP) is 3.98. The fraction of sp³-hybridized carbons (Fsp3) is 0.368. The molecule has 1 amide bonds. The first kappa shape index (κ1) is 23.8. The molecule has 1 heterocycles. The number of hydrogen-bond donors (Lipinski definition) is 1. The largest absolute Gasteiger partial charge is 0.573 e. The van der Waals surface area contributed by atoms with Crippen LogP contribution in [-0.4, -0.2) is 37.5 Å². The second-order valence-electron chi connectivity index (χ2n) is 7.17. The van der Waals surface area contributed by atoms with Gasteiger partial charge in [0.05, 0.1) is 15.7 Å². The second kappa shape index (κ2) is 8.60. The molecule has 0 radical (unpaired) electrons. The van der Waals surface area contributed by atoms with E-state index in [1.165, 1.54) is 6.07 Å². The molecular formula is C19H16F6N2O4S. The van der Waals surface area contributed by atoms with Crippen molar-refractivity contribution >= 4 is 15.7 Å². The van der Waals surface area contributed by atoms with Gasteiger partial charge < -0.3 is 10.1 Å². The van der Waals surface area contributed by atoms with Crippen LogP contribution in [0.2, 0.25) is 0 Å². The van der Waals surface area contributed by atoms with Gasteiger partial charge in [0.1, 0.15) is 11.4 Å². The van der Waals surface area contributed by atoms with Gasteiger partial charge in [0, 0.05) is 12.7 Å². The van der Waals surface area contributed by atoms with E-state index in [0.29, 0.717) is 6.07 Å². The van der Waals surface area contributed by atoms with E-state index in [9.17, 15) is 39.6 Å². The number of aromatic nitrogens is 1. The molecular weight excluding hydrogens is 466 g/mol. The van der Waals surface area contributed by atoms with Crippen molar-refractivity contribution in [2.75, 3.05) is 6.54 Å². The highest BCUT2D eigenvalue weighted by atomic mass is 32.2. The number of carbonyl (C=O) groups is 1. The maximum Gasteiger partial charge on any atom is 0.573 e. The van der Waals surface area contributed by atoms with E-state index in [1.54, 1.807) is 0 Å². The lowest BCUT2D eigenvalue weighted by molar-refractivity contribution is -0.274. The van der Waals surface area contributed by atoms with Gasteiger partial charge >= 0.3 is 12.5 Å². The number of pyridine rings is 1. The highest BCUT2D eigenvalue weighted by molar-refractivity contribution is 7.92. The lowest BCUT2D eigenvalue weighted by Crippen LogP contribution is -2.42. The second-order valence-corrected chi connectivity index (χ2v) is 9.40. The Morgan fingerprint density at radius 1 is 1.09 bits per heavy atom. The number of rotatable bonds is 6. The molecule has 1 aromatic carbocycles. The summed E-state index contributed by atoms with van der Waals surface area (Å²) < 4.78 is 104. The summed E-state index contributed by atoms with van der Waals surface area (Å²) in [4.78, 5) is 14.9. The molecule has 1 saturated carbocycles. The molecule has 0 bridgehead atoms. The molecule has 1 fully saturated rings. The van der Waals surface area contributed by atoms with Crippen molar-refractivity contribution in [3.05, 3.63) is 53.9 Å². The highest BCUT2D eigenvalue weighted by Crippen LogP contribution is 2.37. The molecule has 32 heavy (non-hydrogen) atoms. The average Bonchev–Trinajstić information content (AvgIpc) is 2.64. The van der Waals surface area contributed by atoms with Crippen LogP contribution in [0.4, 0.5) is 26.3 Å². The smallest absolute Gasteiger partial charge is 0.406 e. The van der Waals surface area contributed by atoms with Crippen LogP contribution in [0.5, 0.6) is 5.75 Å². The molecule has 0 unspecified atom stereocenters. The monoisotopic (exact) mass is 482 g/mol. The number of hydrogen-bond acceptors (Lipinski definition) is 5. The van der Waals surface area contributed by atoms with Crippen LogP contribution in [0.25, 0.3) is 0 Å². The van der Waals surface area contributed by atoms with Crippen molar-refractivity contribution in [3.8, 4) is 5.75 Å². The summed E-state index contributed by atoms with van der Waals surface area (Å²) in [6, 6.07) is 5.76. The van der Waals surface area contributed by atoms with Crippen molar-refractivity contribution < 1.29 is 44.3 Å². The van der Waals surface area contributed by atoms with Crippen LogP contribution in [0.15, 0.2) is 47.5 Å². The summed E-state index contributed by atoms with van der Waals surface area (Å²) in [5, 5.41) is 1.67. The zero-order chi connectivity index (χ0) is 23.7. The van der Waals surface area contributed by atoms with Gasteiger partial charge in [0.15, 0.2) is 9.84 Å². The minimum atomic E-state index is -4.95. The molecule has 1 aliphatic carbocycles. The Labute approximate surface area is 178 Å². The quantitative estimate of drug-likeness (QED) is 0.630. The summed E-state index contributed by atoms with van der Waals surface area (Å²) in [6.45, 7) is 0.0864. The van der Waals surface area contributed by atoms with E-state index in [2.05, 4.69) is 15.0 Å². The molecule has 6 nitrogen and oxygen atoms in total. The fourth-order valence-corrected chi connectivity index (χ4v) is 5.15. The summed E-state index contributed by atoms with van der Waals surface area (Å²) in [6.07, 6.45) is -8.46. The molecule has 0 atom stereocenters. The number of sulfone groups is 1. The van der Waals surface area contributed by atoms with Gasteiger partial charge in [-0.05, 0) is 49.1 Å². The van der Waals surface area contributed by atoms with Crippen LogP contribution in [0, 0.1) is 5.92 Å². The van der Waals surface area contributed by atoms with Gasteiger partial charge in [-0.2, -0.15) is 13.2 Å². The van der Waals surface area contributed by atoms with Crippen LogP contribution in [0.3, 0.4) is 0 Å². The van der Waals surface area contributed by atoms with Crippen molar-refractivity contribution in [2.45, 2.75) is 35.5 Å². The van der Waals surface area contributed by atoms with Crippen LogP contribution in [0.1, 0.15) is 28.9 Å². The Morgan fingerprint density at radius 2 is 1.78 bits per heavy atom. The predicted molar refractivity (Wildman–Crippen MR) is 98.4 cm³/mol. The van der Waals surface area contributed by atoms with Crippen LogP contribution >= 0.6 is 0 Å². The number of carbonyl (C=O) groups excluding carboxylic acids is 1. The maximum atomic E-state index is 12.6. The third kappa shape index (κ3) is 5.69. The van der Waals surface area contributed by atoms with Gasteiger partial charge in [-0.25, -0.2) is 8.42 Å². The zero-order valence-electron chi connectivity index (χ0n) is 16.1. The van der Waals surface area contributed by atoms with Gasteiger partial charge in [0.2, 0.25) is 0 Å². The third-order valence-electron chi connectivity index (χ3n) is 4.87. The molecule has 1 aliphatic rings. The highest BCUT2D eigenvalue weighted by Gasteiger charge is 2.40. The first-order chi connectivity index (χ1) is 14.8. The van der Waals surface area contributed by atoms with Gasteiger partial charge in [-0.1, -0.05) is 6.07 Å². The third-order valence-corrected chi connectivity index (χ3v) is 7.04. The summed E-state index contributed by atoms with van der Waals surface area (Å²) in [5.74, 6) is -1.52. The number of benzene rings is 1. The molecule has 0 spiro atoms. The number of nitrogens with zero attached hydrogens (tertiary/aromatic N) is 1. The van der Waals surface area contributed by atoms with Crippen molar-refractivity contribution in [1.29, 1.82) is 0 Å². The Hall–Kier alpha value is -2.83. The van der Waals surface area contributed by atoms with Gasteiger partial charge in [-0.3, -0.25) is 9.78 Å². The molecule has 0 aliphatic heterocycles. The normalized spacial score (nSPS) is 19.2. The molecule has 1 aromatic heterocycles. The van der Waals surface area contributed by atoms with Crippen molar-refractivity contribution in [2.24, 2.45) is 5.92 Å². The number of halogens is 6. The van der Waals surface area contributed by atoms with Crippen LogP contribution in [-0.2, 0) is 16.0 Å². The molecule has 13 heteroatoms. The van der Waals surface area contributed by atoms with Crippen molar-refractivity contribution in [3.63, 3.8) is 0 Å². The Bertz CT molecular complexity index is 1080. The first-order valence-electron chi connectivity index (χ1n) is 9.17. The number of alkyl halides is 6. The lowest BCUT2D eigenvalue weighted by atomic mass is 9.85. The minimum absolute atomic E-state index is 0.0806. The summed E-state index contributed by atoms with van der Waals surface area (Å²) >= 11 is 0. The zero-order valence-corrected chi connectivity index (χ0v) is 16.9. The lowest BCUT2D eigenvalue weighted by Gasteiger charge is -2.34. The molecule has 1 N–H and O–H groups in total. The average molecular weight is 482 g/mol. The summed E-state index contributed by atoms with van der Waals surface area (Å²) in [5.41, 5.74) is -1.21. The van der Waals surface area contributed by atoms with E-state index in [4.69, 9.17) is 0 Å². The van der Waals surface area contributed by atoms with Crippen molar-refractivity contribution in [1.82, 2.24) is 10.3 Å². The van der Waals surface area contributed by atoms with Crippen LogP contribution < -0.4 is 10.1 Å². The molecule has 2 aromatic rings. The minimum Gasteiger partial charge on any atom is -0.406 e. The van der Waals surface area contributed by atoms with E-state index in [0.717, 1.165) is 30.5 Å². The standard InChI is InChI=1S/C19H16F6N2O4S/c20-18(21,22)16-5-4-12(10-26-16)17(28)27-9-11-6-15(7-11)32(29,30)14-3-1-2-13(8-14)31-19(23,24)25/h1-5,8,10-11,15H,6-7,9H2,(H,27,28). The number of ether oxygens (including phenoxy) is 1. The summed E-state index contributed by atoms with van der Waals surface area (Å²) in [7, 11) is -3.90. The van der Waals surface area contributed by atoms with Gasteiger partial charge in [-0.15, -0.1) is 13.2 Å². The molecule has 3 rings (SSSR count). The fourth-order valence-electron chi connectivity index (χ4n) is 3.17. The first-order valence-corrected chi connectivity index (χ1v) is 10.7. The SMILES string of the molecule is O=C(NCC1CC(S(=O)(=O)c2cccc(OC(F)(F)F)c2)C1)c1ccc(C(F)(F)F)nc1. The number of amides is 1. The Morgan fingerprint density at radius 3 is 2.34 bits per heavy atom. The topological polar surface area (TPSA) is 85.4 Å². The Balaban J connectivity index is 1.53. The number of nitrogens with one attached hydrogen (secondary N) is 1. The van der Waals surface area contributed by atoms with E-state index < -0.39 is 45.0 Å². The molecule has 174 valence electrons. The van der Waals surface area contributed by atoms with E-state index in [-0.39, 0.29) is 35.8 Å². The molecule has 0 saturated heterocycles. The maximum absolute atomic E-state index is 12.6. The Kier molecular flexibility index (Phi) is 6.40.